The molecule has 1 aliphatic rings. The lowest BCUT2D eigenvalue weighted by Gasteiger charge is -2.16. The molecule has 152 valence electrons. The fourth-order valence-corrected chi connectivity index (χ4v) is 2.80. The number of ether oxygens (including phenoxy) is 2. The van der Waals surface area contributed by atoms with E-state index in [9.17, 15) is 19.8 Å². The number of carbonyl (C=O) groups excluding carboxylic acids is 1. The van der Waals surface area contributed by atoms with Crippen molar-refractivity contribution in [2.45, 2.75) is 43.4 Å². The molecule has 0 saturated carbocycles. The first-order valence-corrected chi connectivity index (χ1v) is 8.38. The number of nitrogen functional groups attached to an aromatic ring is 1. The molecule has 28 heavy (non-hydrogen) atoms. The van der Waals surface area contributed by atoms with E-state index in [0.717, 1.165) is 0 Å². The van der Waals surface area contributed by atoms with Crippen molar-refractivity contribution >= 4 is 28.9 Å². The fourth-order valence-electron chi connectivity index (χ4n) is 2.80. The summed E-state index contributed by atoms with van der Waals surface area (Å²) in [5, 5.41) is 29.2. The minimum atomic E-state index is -1.34. The van der Waals surface area contributed by atoms with Gasteiger partial charge in [0.15, 0.2) is 17.7 Å². The molecule has 0 amide bonds. The summed E-state index contributed by atoms with van der Waals surface area (Å²) < 4.78 is 12.0. The van der Waals surface area contributed by atoms with Crippen molar-refractivity contribution in [1.29, 1.82) is 0 Å². The molecule has 2 aromatic rings. The lowest BCUT2D eigenvalue weighted by Crippen LogP contribution is -2.35. The zero-order valence-corrected chi connectivity index (χ0v) is 14.6. The van der Waals surface area contributed by atoms with Crippen molar-refractivity contribution in [3.8, 4) is 0 Å². The van der Waals surface area contributed by atoms with Crippen molar-refractivity contribution in [1.82, 2.24) is 19.5 Å². The van der Waals surface area contributed by atoms with Crippen LogP contribution in [0.1, 0.15) is 19.1 Å². The Morgan fingerprint density at radius 3 is 2.75 bits per heavy atom. The first kappa shape index (κ1) is 19.9. The number of carboxylic acids is 1. The Bertz CT molecular complexity index is 874. The lowest BCUT2D eigenvalue weighted by atomic mass is 10.1. The average molecular weight is 396 g/mol. The van der Waals surface area contributed by atoms with E-state index in [2.05, 4.69) is 15.0 Å². The van der Waals surface area contributed by atoms with Crippen LogP contribution in [0.2, 0.25) is 0 Å². The number of aliphatic hydroxyl groups is 2. The molecule has 0 aromatic carbocycles. The molecule has 1 aliphatic heterocycles. The molecule has 1 saturated heterocycles. The van der Waals surface area contributed by atoms with Gasteiger partial charge in [0.2, 0.25) is 0 Å². The predicted molar refractivity (Wildman–Crippen MR) is 91.5 cm³/mol. The van der Waals surface area contributed by atoms with Gasteiger partial charge in [0.1, 0.15) is 42.8 Å². The topological polar surface area (TPSA) is 209 Å². The molecule has 0 aliphatic carbocycles. The van der Waals surface area contributed by atoms with Crippen molar-refractivity contribution in [2.24, 2.45) is 5.73 Å². The first-order valence-electron chi connectivity index (χ1n) is 8.38. The van der Waals surface area contributed by atoms with Gasteiger partial charge in [-0.3, -0.25) is 14.2 Å². The molecule has 0 bridgehead atoms. The maximum Gasteiger partial charge on any atom is 0.320 e. The maximum atomic E-state index is 11.7. The number of aliphatic carboxylic acids is 1. The predicted octanol–water partition coefficient (Wildman–Crippen LogP) is -2.24. The van der Waals surface area contributed by atoms with Crippen LogP contribution in [-0.4, -0.2) is 77.7 Å². The molecular weight excluding hydrogens is 376 g/mol. The van der Waals surface area contributed by atoms with Crippen LogP contribution in [0.5, 0.6) is 0 Å². The van der Waals surface area contributed by atoms with Gasteiger partial charge in [-0.05, 0) is 6.42 Å². The van der Waals surface area contributed by atoms with Crippen LogP contribution in [-0.2, 0) is 19.1 Å². The number of rotatable bonds is 7. The number of hydrogen-bond donors (Lipinski definition) is 5. The third-order valence-corrected chi connectivity index (χ3v) is 4.38. The van der Waals surface area contributed by atoms with Crippen LogP contribution in [0.15, 0.2) is 12.7 Å². The monoisotopic (exact) mass is 396 g/mol. The lowest BCUT2D eigenvalue weighted by molar-refractivity contribution is -0.150. The van der Waals surface area contributed by atoms with Gasteiger partial charge in [0.25, 0.3) is 0 Å². The summed E-state index contributed by atoms with van der Waals surface area (Å²) in [5.41, 5.74) is 11.7. The zero-order chi connectivity index (χ0) is 20.4. The highest BCUT2D eigenvalue weighted by molar-refractivity contribution is 5.81. The minimum Gasteiger partial charge on any atom is -0.480 e. The number of aliphatic hydroxyl groups excluding tert-OH is 2. The molecule has 0 unspecified atom stereocenters. The quantitative estimate of drug-likeness (QED) is 0.315. The van der Waals surface area contributed by atoms with E-state index in [1.807, 2.05) is 0 Å². The van der Waals surface area contributed by atoms with Crippen molar-refractivity contribution < 1.29 is 34.4 Å². The summed E-state index contributed by atoms with van der Waals surface area (Å²) in [4.78, 5) is 34.3. The van der Waals surface area contributed by atoms with Crippen LogP contribution >= 0.6 is 0 Å². The molecule has 2 aromatic heterocycles. The standard InChI is InChI=1S/C15H20N6O7/c16-6(15(25)26)1-2-8(22)27-3-7-10(23)11(24)14(28-7)21-5-20-9-12(17)18-4-19-13(9)21/h4-7,10-11,14,23-24H,1-3,16H2,(H,25,26)(H2,17,18,19)/t6-,7+,10+,11+,14+/m0/s1. The normalized spacial score (nSPS) is 25.7. The molecule has 1 fully saturated rings. The molecule has 0 radical (unpaired) electrons. The van der Waals surface area contributed by atoms with Crippen LogP contribution in [0.25, 0.3) is 11.2 Å². The van der Waals surface area contributed by atoms with Gasteiger partial charge >= 0.3 is 11.9 Å². The second kappa shape index (κ2) is 8.02. The van der Waals surface area contributed by atoms with Gasteiger partial charge < -0.3 is 36.3 Å². The Morgan fingerprint density at radius 1 is 1.29 bits per heavy atom. The van der Waals surface area contributed by atoms with Gasteiger partial charge in [0.05, 0.1) is 6.33 Å². The largest absolute Gasteiger partial charge is 0.480 e. The highest BCUT2D eigenvalue weighted by Crippen LogP contribution is 2.32. The summed E-state index contributed by atoms with van der Waals surface area (Å²) in [6, 6.07) is -1.17. The second-order valence-electron chi connectivity index (χ2n) is 6.30. The molecule has 13 heteroatoms. The van der Waals surface area contributed by atoms with Crippen molar-refractivity contribution in [2.75, 3.05) is 12.3 Å². The Balaban J connectivity index is 1.62. The summed E-state index contributed by atoms with van der Waals surface area (Å²) >= 11 is 0. The fraction of sp³-hybridized carbons (Fsp3) is 0.533. The number of carbonyl (C=O) groups is 2. The second-order valence-corrected chi connectivity index (χ2v) is 6.30. The summed E-state index contributed by atoms with van der Waals surface area (Å²) in [6.45, 7) is -0.334. The molecular formula is C15H20N6O7. The Kier molecular flexibility index (Phi) is 5.69. The average Bonchev–Trinajstić information content (AvgIpc) is 3.21. The molecule has 13 nitrogen and oxygen atoms in total. The van der Waals surface area contributed by atoms with E-state index in [0.29, 0.717) is 11.2 Å². The number of hydrogen-bond acceptors (Lipinski definition) is 11. The molecule has 3 heterocycles. The van der Waals surface area contributed by atoms with Crippen LogP contribution in [0.4, 0.5) is 5.82 Å². The van der Waals surface area contributed by atoms with E-state index >= 15 is 0 Å². The van der Waals surface area contributed by atoms with Crippen LogP contribution in [0.3, 0.4) is 0 Å². The maximum absolute atomic E-state index is 11.7. The number of carboxylic acid groups (broad SMARTS) is 1. The Morgan fingerprint density at radius 2 is 2.04 bits per heavy atom. The van der Waals surface area contributed by atoms with Gasteiger partial charge in [-0.1, -0.05) is 0 Å². The number of aromatic nitrogens is 4. The van der Waals surface area contributed by atoms with Gasteiger partial charge in [-0.25, -0.2) is 15.0 Å². The first-order chi connectivity index (χ1) is 13.3. The van der Waals surface area contributed by atoms with E-state index in [1.54, 1.807) is 0 Å². The van der Waals surface area contributed by atoms with Crippen molar-refractivity contribution in [3.05, 3.63) is 12.7 Å². The van der Waals surface area contributed by atoms with Crippen molar-refractivity contribution in [3.63, 3.8) is 0 Å². The van der Waals surface area contributed by atoms with E-state index < -0.39 is 42.5 Å². The smallest absolute Gasteiger partial charge is 0.320 e. The summed E-state index contributed by atoms with van der Waals surface area (Å²) in [6.07, 6.45) is -2.42. The zero-order valence-electron chi connectivity index (χ0n) is 14.6. The third kappa shape index (κ3) is 3.87. The Hall–Kier alpha value is -2.87. The van der Waals surface area contributed by atoms with Gasteiger partial charge in [0, 0.05) is 6.42 Å². The van der Waals surface area contributed by atoms with Gasteiger partial charge in [-0.2, -0.15) is 0 Å². The highest BCUT2D eigenvalue weighted by atomic mass is 16.6. The van der Waals surface area contributed by atoms with Gasteiger partial charge in [-0.15, -0.1) is 0 Å². The van der Waals surface area contributed by atoms with E-state index in [-0.39, 0.29) is 25.3 Å². The molecule has 0 spiro atoms. The molecule has 5 atom stereocenters. The van der Waals surface area contributed by atoms with E-state index in [4.69, 9.17) is 26.0 Å². The summed E-state index contributed by atoms with van der Waals surface area (Å²) in [7, 11) is 0. The minimum absolute atomic E-state index is 0.0877. The number of fused-ring (bicyclic) bond motifs is 1. The highest BCUT2D eigenvalue weighted by Gasteiger charge is 2.45. The third-order valence-electron chi connectivity index (χ3n) is 4.38. The number of imidazole rings is 1. The van der Waals surface area contributed by atoms with Crippen LogP contribution in [0, 0.1) is 0 Å². The molecule has 7 N–H and O–H groups in total. The number of esters is 1. The number of nitrogens with two attached hydrogens (primary N) is 2. The molecule has 3 rings (SSSR count). The SMILES string of the molecule is Nc1ncnc2c1ncn2[C@@H]1O[C@H](COC(=O)CC[C@H](N)C(=O)O)[C@@H](O)[C@H]1O. The van der Waals surface area contributed by atoms with Crippen LogP contribution < -0.4 is 11.5 Å². The van der Waals surface area contributed by atoms with E-state index in [1.165, 1.54) is 17.2 Å². The number of nitrogens with zero attached hydrogens (tertiary/aromatic N) is 4. The number of anilines is 1. The Labute approximate surface area is 157 Å². The summed E-state index contributed by atoms with van der Waals surface area (Å²) in [5.74, 6) is -1.76.